The first-order valence-corrected chi connectivity index (χ1v) is 38.0. The number of unbranched alkanes of at least 4 members (excludes halogenated alkanes) is 3. The van der Waals surface area contributed by atoms with Gasteiger partial charge in [-0.1, -0.05) is 191 Å². The van der Waals surface area contributed by atoms with E-state index in [4.69, 9.17) is 0 Å². The number of fused-ring (bicyclic) bond motifs is 3. The van der Waals surface area contributed by atoms with Crippen LogP contribution in [0, 0.1) is 11.3 Å². The molecule has 0 aliphatic rings. The molecule has 0 unspecified atom stereocenters. The second-order valence-electron chi connectivity index (χ2n) is 29.1. The van der Waals surface area contributed by atoms with E-state index < -0.39 is 0 Å². The summed E-state index contributed by atoms with van der Waals surface area (Å²) in [5.41, 5.74) is 17.6. The quantitative estimate of drug-likeness (QED) is 0.0295. The van der Waals surface area contributed by atoms with Crippen molar-refractivity contribution >= 4 is 67.8 Å². The summed E-state index contributed by atoms with van der Waals surface area (Å²) in [6.07, 6.45) is 20.2. The lowest BCUT2D eigenvalue weighted by Crippen LogP contribution is -2.24. The van der Waals surface area contributed by atoms with Crippen LogP contribution < -0.4 is 16.0 Å². The van der Waals surface area contributed by atoms with Gasteiger partial charge in [-0.2, -0.15) is 0 Å². The Labute approximate surface area is 635 Å². The fourth-order valence-corrected chi connectivity index (χ4v) is 12.9. The van der Waals surface area contributed by atoms with Gasteiger partial charge in [0.1, 0.15) is 0 Å². The molecule has 3 amide bonds. The van der Waals surface area contributed by atoms with Crippen LogP contribution in [0.1, 0.15) is 222 Å². The predicted octanol–water partition coefficient (Wildman–Crippen LogP) is 20.1. The number of nitrogens with one attached hydrogen (secondary N) is 3. The number of benzene rings is 6. The number of pyridine rings is 6. The third-order valence-electron chi connectivity index (χ3n) is 18.7. The minimum absolute atomic E-state index is 0.106. The molecule has 0 aliphatic heterocycles. The van der Waals surface area contributed by atoms with Crippen LogP contribution in [0.15, 0.2) is 219 Å². The van der Waals surface area contributed by atoms with Crippen molar-refractivity contribution < 1.29 is 28.8 Å². The van der Waals surface area contributed by atoms with Gasteiger partial charge in [-0.25, -0.2) is 0 Å². The van der Waals surface area contributed by atoms with Gasteiger partial charge in [-0.05, 0) is 162 Å². The van der Waals surface area contributed by atoms with Crippen molar-refractivity contribution in [3.63, 3.8) is 0 Å². The lowest BCUT2D eigenvalue weighted by molar-refractivity contribution is 0.0932. The number of hydrogen-bond donors (Lipinski definition) is 3. The summed E-state index contributed by atoms with van der Waals surface area (Å²) in [6, 6.07) is 59.7. The molecular weight excluding hydrogens is 1340 g/mol. The maximum Gasteiger partial charge on any atom is 0.252 e. The van der Waals surface area contributed by atoms with Gasteiger partial charge in [0.15, 0.2) is 17.3 Å². The number of hydrogen-bond acceptors (Lipinski definition) is 12. The largest absolute Gasteiger partial charge is 0.352 e. The lowest BCUT2D eigenvalue weighted by Gasteiger charge is -2.19. The Morgan fingerprint density at radius 1 is 0.361 bits per heavy atom. The van der Waals surface area contributed by atoms with Crippen molar-refractivity contribution in [2.45, 2.75) is 146 Å². The van der Waals surface area contributed by atoms with E-state index in [1.807, 2.05) is 116 Å². The normalized spacial score (nSPS) is 11.2. The number of amides is 3. The summed E-state index contributed by atoms with van der Waals surface area (Å²) >= 11 is 0. The summed E-state index contributed by atoms with van der Waals surface area (Å²) in [4.78, 5) is 104. The summed E-state index contributed by atoms with van der Waals surface area (Å²) < 4.78 is 0. The maximum absolute atomic E-state index is 13.4. The molecule has 552 valence electrons. The van der Waals surface area contributed by atoms with Crippen molar-refractivity contribution in [1.82, 2.24) is 45.9 Å². The van der Waals surface area contributed by atoms with Crippen molar-refractivity contribution in [2.24, 2.45) is 11.3 Å². The predicted molar refractivity (Wildman–Crippen MR) is 436 cm³/mol. The zero-order valence-corrected chi connectivity index (χ0v) is 63.8. The second kappa shape index (κ2) is 38.6. The van der Waals surface area contributed by atoms with E-state index in [9.17, 15) is 28.8 Å². The number of carbonyl (C=O) groups is 6. The molecule has 12 rings (SSSR count). The van der Waals surface area contributed by atoms with Gasteiger partial charge < -0.3 is 16.0 Å². The summed E-state index contributed by atoms with van der Waals surface area (Å²) in [5.74, 6) is 0.290. The minimum atomic E-state index is -0.119. The molecule has 6 aromatic carbocycles. The molecule has 0 radical (unpaired) electrons. The third kappa shape index (κ3) is 21.6. The highest BCUT2D eigenvalue weighted by molar-refractivity contribution is 6.05. The lowest BCUT2D eigenvalue weighted by atomic mass is 9.85. The van der Waals surface area contributed by atoms with Gasteiger partial charge in [0.05, 0.1) is 50.3 Å². The maximum atomic E-state index is 13.4. The number of aromatic nitrogens is 6. The molecular formula is C93H99N9O6. The van der Waals surface area contributed by atoms with Gasteiger partial charge >= 0.3 is 0 Å². The van der Waals surface area contributed by atoms with E-state index in [0.717, 1.165) is 145 Å². The zero-order valence-electron chi connectivity index (χ0n) is 63.8. The number of Topliss-reactive ketones (excluding diaryl/α,β-unsaturated/α-hetero) is 3. The van der Waals surface area contributed by atoms with E-state index in [-0.39, 0.29) is 46.4 Å². The van der Waals surface area contributed by atoms with Crippen LogP contribution >= 0.6 is 0 Å². The number of nitrogens with zero attached hydrogens (tertiary/aromatic N) is 6. The smallest absolute Gasteiger partial charge is 0.252 e. The molecule has 6 heterocycles. The molecule has 108 heavy (non-hydrogen) atoms. The van der Waals surface area contributed by atoms with Crippen LogP contribution in [0.3, 0.4) is 0 Å². The number of ketones is 3. The van der Waals surface area contributed by atoms with Crippen molar-refractivity contribution in [2.75, 3.05) is 19.6 Å². The Balaban J connectivity index is 0.000000173. The fourth-order valence-electron chi connectivity index (χ4n) is 12.9. The van der Waals surface area contributed by atoms with Gasteiger partial charge in [0, 0.05) is 126 Å². The average molecular weight is 1440 g/mol. The highest BCUT2D eigenvalue weighted by atomic mass is 16.2. The zero-order chi connectivity index (χ0) is 76.5. The van der Waals surface area contributed by atoms with Crippen molar-refractivity contribution in [1.29, 1.82) is 0 Å². The van der Waals surface area contributed by atoms with Crippen LogP contribution in [-0.4, -0.2) is 84.6 Å². The van der Waals surface area contributed by atoms with E-state index in [1.54, 1.807) is 55.4 Å². The molecule has 15 heteroatoms. The molecule has 0 spiro atoms. The molecule has 3 N–H and O–H groups in total. The Morgan fingerprint density at radius 3 is 0.972 bits per heavy atom. The van der Waals surface area contributed by atoms with Gasteiger partial charge in [0.25, 0.3) is 17.7 Å². The molecule has 0 atom stereocenters. The molecule has 0 bridgehead atoms. The number of carbonyl (C=O) groups excluding carboxylic acids is 6. The van der Waals surface area contributed by atoms with Crippen molar-refractivity contribution in [3.05, 3.63) is 286 Å². The Bertz CT molecular complexity index is 5060. The van der Waals surface area contributed by atoms with Crippen LogP contribution in [0.5, 0.6) is 0 Å². The molecule has 0 fully saturated rings. The summed E-state index contributed by atoms with van der Waals surface area (Å²) in [5, 5.41) is 11.6. The fraction of sp³-hybridized carbons (Fsp3) is 0.290. The number of rotatable bonds is 29. The van der Waals surface area contributed by atoms with E-state index in [0.29, 0.717) is 91.5 Å². The van der Waals surface area contributed by atoms with Crippen LogP contribution in [-0.2, 0) is 19.3 Å². The summed E-state index contributed by atoms with van der Waals surface area (Å²) in [6.45, 7) is 20.6. The van der Waals surface area contributed by atoms with E-state index in [2.05, 4.69) is 156 Å². The first-order chi connectivity index (χ1) is 52.3. The van der Waals surface area contributed by atoms with Crippen molar-refractivity contribution in [3.8, 4) is 33.8 Å². The summed E-state index contributed by atoms with van der Waals surface area (Å²) in [7, 11) is 0. The molecule has 0 saturated heterocycles. The Hall–Kier alpha value is -11.6. The van der Waals surface area contributed by atoms with Crippen LogP contribution in [0.2, 0.25) is 0 Å². The monoisotopic (exact) mass is 1440 g/mol. The molecule has 12 aromatic rings. The Morgan fingerprint density at radius 2 is 0.685 bits per heavy atom. The van der Waals surface area contributed by atoms with Gasteiger partial charge in [-0.3, -0.25) is 58.7 Å². The molecule has 0 saturated carbocycles. The molecule has 15 nitrogen and oxygen atoms in total. The van der Waals surface area contributed by atoms with Crippen LogP contribution in [0.4, 0.5) is 0 Å². The highest BCUT2D eigenvalue weighted by Crippen LogP contribution is 2.34. The standard InChI is InChI=1S/C32H35N3O2.C31H33N3O2.C30H31N3O2/c1-5-6-16-33-31(37)24-13-14-28(34-20-24)23-12-15-29-26(18-23)25(17-22-10-8-7-9-11-22)27(21-35-29)30(36)19-32(2,3)4;1-4-5-15-32-31(36)24-12-13-28(33-19-24)23-11-14-29-26(18-23)25(17-22-9-7-6-8-10-22)27(20-34-29)30(35)16-21(2)3;1-3-5-16-31-30(35)23-13-14-27(32-19-23)22-12-15-28-25(18-22)24(17-21-10-7-6-8-11-21)26(20-33-28)29(34)9-4-2/h7-15,18,20-21H,5-6,16-17,19H2,1-4H3,(H,33,37);6-14,18-21H,4-5,15-17H2,1-3H3,(H,32,36);6-8,10-15,18-20H,3-5,9,16-17H2,1-2H3,(H,31,35). The SMILES string of the molecule is CCCCNC(=O)c1ccc(-c2ccc3ncc(C(=O)CC(C)(C)C)c(Cc4ccccc4)c3c2)nc1.CCCCNC(=O)c1ccc(-c2ccc3ncc(C(=O)CC(C)C)c(Cc4ccccc4)c3c2)nc1.CCCCNC(=O)c1ccc(-c2ccc3ncc(C(=O)CCC)c(Cc4ccccc4)c3c2)nc1. The van der Waals surface area contributed by atoms with E-state index in [1.165, 1.54) is 0 Å². The molecule has 0 aliphatic carbocycles. The molecule has 6 aromatic heterocycles. The first-order valence-electron chi connectivity index (χ1n) is 38.0. The first kappa shape index (κ1) is 79.0. The Kier molecular flexibility index (Phi) is 28.2. The van der Waals surface area contributed by atoms with E-state index >= 15 is 0 Å². The minimum Gasteiger partial charge on any atom is -0.352 e. The second-order valence-corrected chi connectivity index (χ2v) is 29.1. The highest BCUT2D eigenvalue weighted by Gasteiger charge is 2.24. The average Bonchev–Trinajstić information content (AvgIpc) is 0.788. The topological polar surface area (TPSA) is 216 Å². The van der Waals surface area contributed by atoms with Gasteiger partial charge in [0.2, 0.25) is 0 Å². The van der Waals surface area contributed by atoms with Gasteiger partial charge in [-0.15, -0.1) is 0 Å². The van der Waals surface area contributed by atoms with Crippen LogP contribution in [0.25, 0.3) is 66.5 Å². The third-order valence-corrected chi connectivity index (χ3v) is 18.7.